The minimum Gasteiger partial charge on any atom is -0.394 e. The van der Waals surface area contributed by atoms with E-state index in [0.29, 0.717) is 49.8 Å². The third-order valence-electron chi connectivity index (χ3n) is 8.16. The van der Waals surface area contributed by atoms with Crippen LogP contribution in [-0.4, -0.2) is 79.7 Å². The molecule has 13 heteroatoms. The number of benzene rings is 1. The average molecular weight is 718 g/mol. The van der Waals surface area contributed by atoms with Gasteiger partial charge in [0.2, 0.25) is 0 Å². The fraction of sp³-hybridized carbons (Fsp3) is 0.531. The number of aromatic nitrogens is 4. The number of nitrogens with zero attached hydrogens (tertiary/aromatic N) is 5. The van der Waals surface area contributed by atoms with E-state index >= 15 is 0 Å². The molecule has 3 heterocycles. The molecular formula is C32H46BrFN6O3Si2. The molecular weight excluding hydrogens is 671 g/mol. The van der Waals surface area contributed by atoms with Gasteiger partial charge in [-0.2, -0.15) is 9.61 Å². The highest BCUT2D eigenvalue weighted by Gasteiger charge is 2.41. The van der Waals surface area contributed by atoms with Crippen molar-refractivity contribution in [3.05, 3.63) is 52.6 Å². The fourth-order valence-electron chi connectivity index (χ4n) is 4.93. The third-order valence-corrected chi connectivity index (χ3v) is 12.4. The van der Waals surface area contributed by atoms with Crippen LogP contribution < -0.4 is 10.2 Å². The number of rotatable bonds is 16. The van der Waals surface area contributed by atoms with E-state index in [1.165, 1.54) is 12.1 Å². The first-order valence-corrected chi connectivity index (χ1v) is 23.9. The summed E-state index contributed by atoms with van der Waals surface area (Å²) in [7, 11) is -2.55. The van der Waals surface area contributed by atoms with Gasteiger partial charge in [0.1, 0.15) is 19.3 Å². The van der Waals surface area contributed by atoms with Crippen molar-refractivity contribution in [1.29, 1.82) is 0 Å². The number of hydrogen-bond acceptors (Lipinski definition) is 8. The summed E-state index contributed by atoms with van der Waals surface area (Å²) >= 11 is 3.88. The molecule has 1 aliphatic rings. The first-order valence-electron chi connectivity index (χ1n) is 15.7. The van der Waals surface area contributed by atoms with Crippen LogP contribution in [0.1, 0.15) is 18.5 Å². The van der Waals surface area contributed by atoms with Gasteiger partial charge < -0.3 is 24.8 Å². The fourth-order valence-corrected chi connectivity index (χ4v) is 7.09. The Morgan fingerprint density at radius 1 is 1.02 bits per heavy atom. The predicted octanol–water partition coefficient (Wildman–Crippen LogP) is 6.89. The van der Waals surface area contributed by atoms with Crippen molar-refractivity contribution in [3.8, 4) is 11.1 Å². The van der Waals surface area contributed by atoms with Crippen molar-refractivity contribution in [2.75, 3.05) is 38.2 Å². The lowest BCUT2D eigenvalue weighted by atomic mass is 10.1. The standard InChI is InChI=1S/C32H46BrFN6O3Si2/c1-44(2,3)13-11-42-21-39(22-43-12-14-45(4,5)6)31-29(33)28(19-36-32(20-41)9-10-32)38-30-26(18-37-40(30)31)24-15-23-16-25(34)7-8-27(23)35-17-24/h7-8,15-18,36,41H,9-14,19-22H2,1-6H3. The average Bonchev–Trinajstić information content (AvgIpc) is 3.64. The lowest BCUT2D eigenvalue weighted by Crippen LogP contribution is -2.36. The molecule has 1 fully saturated rings. The largest absolute Gasteiger partial charge is 0.394 e. The zero-order valence-corrected chi connectivity index (χ0v) is 30.9. The van der Waals surface area contributed by atoms with Crippen molar-refractivity contribution in [1.82, 2.24) is 24.9 Å². The molecule has 0 saturated heterocycles. The van der Waals surface area contributed by atoms with Gasteiger partial charge in [0, 0.05) is 64.2 Å². The van der Waals surface area contributed by atoms with Gasteiger partial charge in [-0.15, -0.1) is 0 Å². The lowest BCUT2D eigenvalue weighted by molar-refractivity contribution is 0.0941. The van der Waals surface area contributed by atoms with E-state index in [9.17, 15) is 9.50 Å². The minimum absolute atomic E-state index is 0.0823. The Morgan fingerprint density at radius 3 is 2.29 bits per heavy atom. The maximum atomic E-state index is 14.1. The second kappa shape index (κ2) is 13.8. The van der Waals surface area contributed by atoms with Gasteiger partial charge in [-0.1, -0.05) is 39.3 Å². The van der Waals surface area contributed by atoms with Crippen LogP contribution in [0.5, 0.6) is 0 Å². The number of ether oxygens (including phenoxy) is 2. The number of pyridine rings is 1. The van der Waals surface area contributed by atoms with Crippen LogP contribution >= 0.6 is 15.9 Å². The van der Waals surface area contributed by atoms with Crippen LogP contribution in [0.3, 0.4) is 0 Å². The van der Waals surface area contributed by atoms with Crippen molar-refractivity contribution < 1.29 is 19.0 Å². The summed E-state index contributed by atoms with van der Waals surface area (Å²) in [5, 5.41) is 19.0. The van der Waals surface area contributed by atoms with Crippen LogP contribution in [0.25, 0.3) is 27.7 Å². The van der Waals surface area contributed by atoms with Crippen LogP contribution in [0, 0.1) is 5.82 Å². The molecule has 0 aliphatic heterocycles. The summed E-state index contributed by atoms with van der Waals surface area (Å²) in [6, 6.07) is 8.63. The number of fused-ring (bicyclic) bond motifs is 2. The number of halogens is 2. The highest BCUT2D eigenvalue weighted by molar-refractivity contribution is 9.10. The smallest absolute Gasteiger partial charge is 0.165 e. The molecule has 9 nitrogen and oxygen atoms in total. The van der Waals surface area contributed by atoms with Gasteiger partial charge in [-0.05, 0) is 65.1 Å². The molecule has 1 saturated carbocycles. The van der Waals surface area contributed by atoms with Gasteiger partial charge in [0.25, 0.3) is 0 Å². The second-order valence-electron chi connectivity index (χ2n) is 14.6. The summed E-state index contributed by atoms with van der Waals surface area (Å²) in [4.78, 5) is 11.7. The van der Waals surface area contributed by atoms with Gasteiger partial charge in [0.15, 0.2) is 11.5 Å². The maximum Gasteiger partial charge on any atom is 0.165 e. The van der Waals surface area contributed by atoms with E-state index in [2.05, 4.69) is 70.4 Å². The molecule has 1 aliphatic carbocycles. The molecule has 1 aromatic carbocycles. The third kappa shape index (κ3) is 8.76. The first kappa shape index (κ1) is 34.1. The van der Waals surface area contributed by atoms with Crippen LogP contribution in [0.2, 0.25) is 51.4 Å². The van der Waals surface area contributed by atoms with Crippen molar-refractivity contribution in [2.45, 2.75) is 76.3 Å². The van der Waals surface area contributed by atoms with E-state index in [1.54, 1.807) is 18.5 Å². The Kier molecular flexibility index (Phi) is 10.5. The van der Waals surface area contributed by atoms with E-state index in [4.69, 9.17) is 19.6 Å². The Labute approximate surface area is 275 Å². The quantitative estimate of drug-likeness (QED) is 0.0735. The molecule has 0 amide bonds. The van der Waals surface area contributed by atoms with Crippen LogP contribution in [-0.2, 0) is 16.0 Å². The van der Waals surface area contributed by atoms with E-state index in [0.717, 1.165) is 52.0 Å². The van der Waals surface area contributed by atoms with E-state index in [-0.39, 0.29) is 18.0 Å². The summed E-state index contributed by atoms with van der Waals surface area (Å²) < 4.78 is 29.2. The molecule has 0 bridgehead atoms. The van der Waals surface area contributed by atoms with Gasteiger partial charge in [-0.3, -0.25) is 4.98 Å². The molecule has 0 unspecified atom stereocenters. The summed E-state index contributed by atoms with van der Waals surface area (Å²) in [5.41, 5.74) is 3.46. The second-order valence-corrected chi connectivity index (χ2v) is 26.6. The van der Waals surface area contributed by atoms with Crippen molar-refractivity contribution in [3.63, 3.8) is 0 Å². The van der Waals surface area contributed by atoms with E-state index < -0.39 is 16.1 Å². The van der Waals surface area contributed by atoms with E-state index in [1.807, 2.05) is 10.6 Å². The predicted molar refractivity (Wildman–Crippen MR) is 188 cm³/mol. The molecule has 45 heavy (non-hydrogen) atoms. The summed E-state index contributed by atoms with van der Waals surface area (Å²) in [5.74, 6) is 0.466. The zero-order chi connectivity index (χ0) is 32.4. The van der Waals surface area contributed by atoms with Crippen LogP contribution in [0.4, 0.5) is 10.2 Å². The van der Waals surface area contributed by atoms with Crippen molar-refractivity contribution >= 4 is 54.4 Å². The highest BCUT2D eigenvalue weighted by atomic mass is 79.9. The van der Waals surface area contributed by atoms with Gasteiger partial charge >= 0.3 is 0 Å². The van der Waals surface area contributed by atoms with Gasteiger partial charge in [0.05, 0.1) is 28.5 Å². The molecule has 0 atom stereocenters. The molecule has 5 rings (SSSR count). The van der Waals surface area contributed by atoms with Crippen molar-refractivity contribution in [2.24, 2.45) is 0 Å². The normalized spacial score (nSPS) is 14.9. The number of aliphatic hydroxyl groups is 1. The molecule has 0 spiro atoms. The molecule has 3 aromatic heterocycles. The van der Waals surface area contributed by atoms with Gasteiger partial charge in [-0.25, -0.2) is 9.37 Å². The van der Waals surface area contributed by atoms with Crippen LogP contribution in [0.15, 0.2) is 41.1 Å². The number of anilines is 1. The Bertz CT molecular complexity index is 1620. The Morgan fingerprint density at radius 2 is 1.69 bits per heavy atom. The summed E-state index contributed by atoms with van der Waals surface area (Å²) in [6.45, 7) is 16.6. The SMILES string of the molecule is C[Si](C)(C)CCOCN(COCC[Si](C)(C)C)c1c(Br)c(CNC2(CO)CC2)nc2c(-c3cnc4ccc(F)cc4c3)cnn12. The Hall–Kier alpha value is -2.27. The topological polar surface area (TPSA) is 97.0 Å². The lowest BCUT2D eigenvalue weighted by Gasteiger charge is -2.28. The molecule has 244 valence electrons. The molecule has 4 aromatic rings. The zero-order valence-electron chi connectivity index (χ0n) is 27.3. The summed E-state index contributed by atoms with van der Waals surface area (Å²) in [6.07, 6.45) is 5.41. The minimum atomic E-state index is -1.27. The highest BCUT2D eigenvalue weighted by Crippen LogP contribution is 2.37. The number of aliphatic hydroxyl groups excluding tert-OH is 1. The maximum absolute atomic E-state index is 14.1. The first-order chi connectivity index (χ1) is 21.3. The number of nitrogens with one attached hydrogen (secondary N) is 1. The number of hydrogen-bond donors (Lipinski definition) is 2. The Balaban J connectivity index is 1.55. The molecule has 2 N–H and O–H groups in total. The molecule has 0 radical (unpaired) electrons. The monoisotopic (exact) mass is 716 g/mol.